The number of hydrogen-bond acceptors (Lipinski definition) is 6. The zero-order valence-electron chi connectivity index (χ0n) is 18.4. The van der Waals surface area contributed by atoms with Crippen molar-refractivity contribution in [3.05, 3.63) is 85.1 Å². The monoisotopic (exact) mass is 549 g/mol. The predicted octanol–water partition coefficient (Wildman–Crippen LogP) is 6.17. The number of halogens is 3. The molecule has 2 N–H and O–H groups in total. The zero-order chi connectivity index (χ0) is 25.1. The highest BCUT2D eigenvalue weighted by atomic mass is 35.5. The molecule has 0 fully saturated rings. The van der Waals surface area contributed by atoms with E-state index in [0.29, 0.717) is 21.5 Å². The van der Waals surface area contributed by atoms with Gasteiger partial charge in [-0.2, -0.15) is 0 Å². The Kier molecular flexibility index (Phi) is 7.61. The van der Waals surface area contributed by atoms with Crippen molar-refractivity contribution >= 4 is 69.5 Å². The summed E-state index contributed by atoms with van der Waals surface area (Å²) in [5, 5.41) is 8.22. The van der Waals surface area contributed by atoms with Crippen LogP contribution in [0, 0.1) is 6.92 Å². The number of pyridine rings is 1. The van der Waals surface area contributed by atoms with Crippen LogP contribution in [0.1, 0.15) is 31.3 Å². The Morgan fingerprint density at radius 3 is 2.54 bits per heavy atom. The lowest BCUT2D eigenvalue weighted by atomic mass is 10.1. The molecule has 4 aromatic rings. The summed E-state index contributed by atoms with van der Waals surface area (Å²) in [7, 11) is 1.41. The molecular weight excluding hydrogens is 533 g/mol. The van der Waals surface area contributed by atoms with E-state index < -0.39 is 11.8 Å². The first kappa shape index (κ1) is 25.0. The quantitative estimate of drug-likeness (QED) is 0.287. The van der Waals surface area contributed by atoms with Gasteiger partial charge in [0.2, 0.25) is 0 Å². The Bertz CT molecular complexity index is 1400. The molecule has 180 valence electrons. The van der Waals surface area contributed by atoms with Crippen molar-refractivity contribution in [1.29, 1.82) is 0 Å². The number of rotatable bonds is 7. The lowest BCUT2D eigenvalue weighted by Crippen LogP contribution is -2.19. The molecule has 1 aromatic carbocycles. The summed E-state index contributed by atoms with van der Waals surface area (Å²) < 4.78 is 7.26. The Morgan fingerprint density at radius 1 is 1.09 bits per heavy atom. The summed E-state index contributed by atoms with van der Waals surface area (Å²) >= 11 is 19.8. The first-order valence-electron chi connectivity index (χ1n) is 10.1. The lowest BCUT2D eigenvalue weighted by molar-refractivity contribution is 0.102. The van der Waals surface area contributed by atoms with Crippen LogP contribution in [0.2, 0.25) is 15.1 Å². The second-order valence-corrected chi connectivity index (χ2v) is 9.52. The Morgan fingerprint density at radius 2 is 1.89 bits per heavy atom. The van der Waals surface area contributed by atoms with Crippen LogP contribution in [0.4, 0.5) is 11.5 Å². The highest BCUT2D eigenvalue weighted by molar-refractivity contribution is 7.13. The van der Waals surface area contributed by atoms with Crippen molar-refractivity contribution in [2.24, 2.45) is 0 Å². The number of hydrogen-bond donors (Lipinski definition) is 2. The van der Waals surface area contributed by atoms with Crippen LogP contribution >= 0.6 is 46.1 Å². The number of benzene rings is 1. The molecule has 0 radical (unpaired) electrons. The number of nitrogens with zero attached hydrogens (tertiary/aromatic N) is 3. The van der Waals surface area contributed by atoms with E-state index in [0.717, 1.165) is 11.3 Å². The maximum Gasteiger partial charge on any atom is 0.267 e. The van der Waals surface area contributed by atoms with Gasteiger partial charge in [-0.3, -0.25) is 9.59 Å². The molecule has 0 bridgehead atoms. The molecule has 8 nitrogen and oxygen atoms in total. The topological polar surface area (TPSA) is 98.1 Å². The normalized spacial score (nSPS) is 10.8. The van der Waals surface area contributed by atoms with Gasteiger partial charge in [-0.05, 0) is 30.5 Å². The smallest absolute Gasteiger partial charge is 0.267 e. The molecule has 35 heavy (non-hydrogen) atoms. The van der Waals surface area contributed by atoms with E-state index in [4.69, 9.17) is 39.5 Å². The first-order chi connectivity index (χ1) is 16.7. The lowest BCUT2D eigenvalue weighted by Gasteiger charge is -2.15. The molecule has 0 aliphatic heterocycles. The van der Waals surface area contributed by atoms with Gasteiger partial charge in [0, 0.05) is 29.0 Å². The molecule has 4 rings (SSSR count). The third-order valence-corrected chi connectivity index (χ3v) is 6.87. The predicted molar refractivity (Wildman–Crippen MR) is 139 cm³/mol. The summed E-state index contributed by atoms with van der Waals surface area (Å²) in [6.45, 7) is 2.36. The van der Waals surface area contributed by atoms with Crippen molar-refractivity contribution in [3.63, 3.8) is 0 Å². The van der Waals surface area contributed by atoms with Gasteiger partial charge in [-0.25, -0.2) is 9.97 Å². The highest BCUT2D eigenvalue weighted by Gasteiger charge is 2.23. The number of carbonyl (C=O) groups excluding carboxylic acids is 2. The van der Waals surface area contributed by atoms with E-state index in [9.17, 15) is 9.59 Å². The Labute approximate surface area is 219 Å². The van der Waals surface area contributed by atoms with E-state index in [-0.39, 0.29) is 27.8 Å². The van der Waals surface area contributed by atoms with Gasteiger partial charge >= 0.3 is 0 Å². The Hall–Kier alpha value is -3.11. The fraction of sp³-hybridized carbons (Fsp3) is 0.130. The minimum absolute atomic E-state index is 0.0845. The zero-order valence-corrected chi connectivity index (χ0v) is 21.5. The van der Waals surface area contributed by atoms with E-state index in [1.54, 1.807) is 18.5 Å². The fourth-order valence-corrected chi connectivity index (χ4v) is 4.81. The summed E-state index contributed by atoms with van der Waals surface area (Å²) in [5.41, 5.74) is 1.88. The number of ether oxygens (including phenoxy) is 1. The number of anilines is 2. The number of aryl methyl sites for hydroxylation is 1. The van der Waals surface area contributed by atoms with Crippen LogP contribution in [-0.2, 0) is 6.54 Å². The van der Waals surface area contributed by atoms with Gasteiger partial charge in [0.05, 0.1) is 47.0 Å². The first-order valence-corrected chi connectivity index (χ1v) is 12.1. The molecule has 0 saturated carbocycles. The SMILES string of the molecule is COc1cc(Cl)cc(C(=O)Nc2ccc(Cl)cn2)c1NC(=O)c1scc(Cn2cnc(C)c2)c1Cl. The average molecular weight is 551 g/mol. The molecule has 0 saturated heterocycles. The molecule has 0 aliphatic rings. The molecule has 2 amide bonds. The number of nitrogens with one attached hydrogen (secondary N) is 2. The number of aromatic nitrogens is 3. The number of carbonyl (C=O) groups is 2. The summed E-state index contributed by atoms with van der Waals surface area (Å²) in [6, 6.07) is 6.06. The minimum Gasteiger partial charge on any atom is -0.494 e. The van der Waals surface area contributed by atoms with Crippen molar-refractivity contribution < 1.29 is 14.3 Å². The van der Waals surface area contributed by atoms with Crippen LogP contribution < -0.4 is 15.4 Å². The molecule has 0 unspecified atom stereocenters. The largest absolute Gasteiger partial charge is 0.494 e. The Balaban J connectivity index is 1.61. The molecule has 3 heterocycles. The molecule has 3 aromatic heterocycles. The van der Waals surface area contributed by atoms with E-state index in [1.165, 1.54) is 36.8 Å². The maximum atomic E-state index is 13.2. The highest BCUT2D eigenvalue weighted by Crippen LogP contribution is 2.35. The van der Waals surface area contributed by atoms with Crippen LogP contribution in [0.5, 0.6) is 5.75 Å². The number of methoxy groups -OCH3 is 1. The van der Waals surface area contributed by atoms with Gasteiger partial charge in [0.25, 0.3) is 11.8 Å². The van der Waals surface area contributed by atoms with Gasteiger partial charge in [-0.15, -0.1) is 11.3 Å². The second kappa shape index (κ2) is 10.7. The van der Waals surface area contributed by atoms with Crippen LogP contribution in [0.15, 0.2) is 48.4 Å². The van der Waals surface area contributed by atoms with Gasteiger partial charge in [0.1, 0.15) is 16.4 Å². The van der Waals surface area contributed by atoms with E-state index >= 15 is 0 Å². The standard InChI is InChI=1S/C23H18Cl3N5O3S/c1-12-8-31(11-28-12)9-13-10-35-21(19(13)26)23(33)30-20-16(5-15(25)6-17(20)34-2)22(32)29-18-4-3-14(24)7-27-18/h3-8,10-11H,9H2,1-2H3,(H,30,33)(H,27,29,32). The third kappa shape index (κ3) is 5.76. The van der Waals surface area contributed by atoms with Gasteiger partial charge in [0.15, 0.2) is 0 Å². The minimum atomic E-state index is -0.552. The van der Waals surface area contributed by atoms with Gasteiger partial charge < -0.3 is 19.9 Å². The number of thiophene rings is 1. The summed E-state index contributed by atoms with van der Waals surface area (Å²) in [6.07, 6.45) is 4.98. The van der Waals surface area contributed by atoms with Crippen molar-refractivity contribution in [1.82, 2.24) is 14.5 Å². The third-order valence-electron chi connectivity index (χ3n) is 4.86. The van der Waals surface area contributed by atoms with Crippen molar-refractivity contribution in [2.75, 3.05) is 17.7 Å². The van der Waals surface area contributed by atoms with Crippen LogP contribution in [-0.4, -0.2) is 33.5 Å². The van der Waals surface area contributed by atoms with Crippen LogP contribution in [0.3, 0.4) is 0 Å². The molecule has 0 atom stereocenters. The molecule has 12 heteroatoms. The maximum absolute atomic E-state index is 13.2. The van der Waals surface area contributed by atoms with Crippen molar-refractivity contribution in [2.45, 2.75) is 13.5 Å². The van der Waals surface area contributed by atoms with E-state index in [2.05, 4.69) is 20.6 Å². The fourth-order valence-electron chi connectivity index (χ4n) is 3.25. The molecule has 0 aliphatic carbocycles. The number of imidazole rings is 1. The molecule has 0 spiro atoms. The summed E-state index contributed by atoms with van der Waals surface area (Å²) in [5.74, 6) is -0.560. The van der Waals surface area contributed by atoms with E-state index in [1.807, 2.05) is 23.1 Å². The molecular formula is C23H18Cl3N5O3S. The van der Waals surface area contributed by atoms with Crippen LogP contribution in [0.25, 0.3) is 0 Å². The number of amides is 2. The summed E-state index contributed by atoms with van der Waals surface area (Å²) in [4.78, 5) is 34.8. The average Bonchev–Trinajstić information content (AvgIpc) is 3.41. The van der Waals surface area contributed by atoms with Gasteiger partial charge in [-0.1, -0.05) is 34.8 Å². The second-order valence-electron chi connectivity index (χ2n) is 7.39. The van der Waals surface area contributed by atoms with Crippen molar-refractivity contribution in [3.8, 4) is 5.75 Å².